The molecule has 2 aromatic heterocycles. The van der Waals surface area contributed by atoms with Gasteiger partial charge >= 0.3 is 0 Å². The largest absolute Gasteiger partial charge is 0.449 e. The summed E-state index contributed by atoms with van der Waals surface area (Å²) in [4.78, 5) is 7.79. The minimum Gasteiger partial charge on any atom is -0.449 e. The third-order valence-corrected chi connectivity index (χ3v) is 5.12. The molecule has 0 saturated carbocycles. The SMILES string of the molecule is Nc1nccc(-c2oc3c4c2P34=O)n1. The molecular weight excluding hydrogens is 201 g/mol. The first kappa shape index (κ1) is 6.79. The Balaban J connectivity index is 1.96. The Morgan fingerprint density at radius 1 is 1.43 bits per heavy atom. The Morgan fingerprint density at radius 3 is 2.79 bits per heavy atom. The van der Waals surface area contributed by atoms with E-state index >= 15 is 0 Å². The van der Waals surface area contributed by atoms with E-state index in [2.05, 4.69) is 9.97 Å². The summed E-state index contributed by atoms with van der Waals surface area (Å²) >= 11 is 0. The Kier molecular flexibility index (Phi) is 0.794. The van der Waals surface area contributed by atoms with Gasteiger partial charge in [0.15, 0.2) is 11.3 Å². The van der Waals surface area contributed by atoms with Crippen molar-refractivity contribution in [3.63, 3.8) is 0 Å². The molecule has 0 aromatic carbocycles. The molecule has 14 heavy (non-hydrogen) atoms. The van der Waals surface area contributed by atoms with E-state index in [0.29, 0.717) is 17.0 Å². The molecule has 2 bridgehead atoms. The average molecular weight is 205 g/mol. The normalized spacial score (nSPS) is 24.6. The van der Waals surface area contributed by atoms with Crippen molar-refractivity contribution in [2.45, 2.75) is 0 Å². The summed E-state index contributed by atoms with van der Waals surface area (Å²) in [7, 11) is -2.14. The molecule has 2 N–H and O–H groups in total. The number of aromatic nitrogens is 2. The molecule has 0 fully saturated rings. The first-order valence-electron chi connectivity index (χ1n) is 4.10. The first-order chi connectivity index (χ1) is 6.73. The zero-order valence-corrected chi connectivity index (χ0v) is 7.78. The fourth-order valence-corrected chi connectivity index (χ4v) is 4.26. The minimum absolute atomic E-state index is 0.201. The molecule has 5 rings (SSSR count). The second kappa shape index (κ2) is 1.64. The molecule has 0 radical (unpaired) electrons. The van der Waals surface area contributed by atoms with Crippen molar-refractivity contribution < 1.29 is 8.98 Å². The van der Waals surface area contributed by atoms with Crippen molar-refractivity contribution in [3.8, 4) is 11.5 Å². The molecule has 0 amide bonds. The molecular formula is C8H4N3O2P. The minimum atomic E-state index is -2.14. The van der Waals surface area contributed by atoms with Gasteiger partial charge in [-0.2, -0.15) is 0 Å². The molecule has 68 valence electrons. The highest BCUT2D eigenvalue weighted by Gasteiger charge is 2.74. The maximum Gasteiger partial charge on any atom is 0.220 e. The smallest absolute Gasteiger partial charge is 0.220 e. The number of fused-ring (bicyclic) bond motifs is 1. The van der Waals surface area contributed by atoms with Crippen LogP contribution in [0.25, 0.3) is 11.5 Å². The van der Waals surface area contributed by atoms with E-state index in [-0.39, 0.29) is 5.95 Å². The number of furan rings is 1. The molecule has 0 aliphatic carbocycles. The fraction of sp³-hybridized carbons (Fsp3) is 0. The van der Waals surface area contributed by atoms with Crippen LogP contribution in [0.1, 0.15) is 0 Å². The van der Waals surface area contributed by atoms with Gasteiger partial charge in [0.2, 0.25) is 13.1 Å². The second-order valence-corrected chi connectivity index (χ2v) is 5.86. The first-order valence-corrected chi connectivity index (χ1v) is 5.81. The lowest BCUT2D eigenvalue weighted by Crippen LogP contribution is -1.99. The van der Waals surface area contributed by atoms with E-state index in [1.807, 2.05) is 0 Å². The van der Waals surface area contributed by atoms with Gasteiger partial charge in [-0.25, -0.2) is 9.97 Å². The summed E-state index contributed by atoms with van der Waals surface area (Å²) in [5.41, 5.74) is 6.74. The van der Waals surface area contributed by atoms with E-state index in [9.17, 15) is 4.57 Å². The molecule has 2 aromatic rings. The van der Waals surface area contributed by atoms with Gasteiger partial charge < -0.3 is 14.7 Å². The highest BCUT2D eigenvalue weighted by Crippen LogP contribution is 2.70. The van der Waals surface area contributed by atoms with Gasteiger partial charge in [0.05, 0.1) is 10.6 Å². The fourth-order valence-electron chi connectivity index (χ4n) is 1.77. The molecule has 1 atom stereocenters. The lowest BCUT2D eigenvalue weighted by Gasteiger charge is -1.94. The van der Waals surface area contributed by atoms with Gasteiger partial charge in [-0.15, -0.1) is 0 Å². The molecule has 5 nitrogen and oxygen atoms in total. The molecule has 3 aliphatic heterocycles. The maximum absolute atomic E-state index is 11.7. The van der Waals surface area contributed by atoms with Crippen LogP contribution >= 0.6 is 7.14 Å². The summed E-state index contributed by atoms with van der Waals surface area (Å²) in [5, 5.41) is 1.80. The lowest BCUT2D eigenvalue weighted by molar-refractivity contribution is 0.590. The molecule has 3 aliphatic rings. The monoisotopic (exact) mass is 205 g/mol. The number of nitrogens with zero attached hydrogens (tertiary/aromatic N) is 2. The van der Waals surface area contributed by atoms with Crippen LogP contribution in [0.2, 0.25) is 0 Å². The standard InChI is InChI=1S/C8H4N3O2P/c9-8-10-2-1-3(11-8)4-5-6-7(13-4)14(5,6)12/h1-2H,(H2,9,10,11). The average Bonchev–Trinajstić information content (AvgIpc) is 2.82. The summed E-state index contributed by atoms with van der Waals surface area (Å²) in [5.74, 6) is 0.819. The van der Waals surface area contributed by atoms with E-state index in [0.717, 1.165) is 10.6 Å². The zero-order valence-electron chi connectivity index (χ0n) is 6.89. The van der Waals surface area contributed by atoms with Crippen molar-refractivity contribution in [1.29, 1.82) is 0 Å². The Labute approximate surface area is 78.3 Å². The van der Waals surface area contributed by atoms with Gasteiger partial charge in [-0.3, -0.25) is 0 Å². The molecule has 0 saturated heterocycles. The molecule has 0 spiro atoms. The van der Waals surface area contributed by atoms with Crippen LogP contribution in [0.4, 0.5) is 5.95 Å². The predicted molar refractivity (Wildman–Crippen MR) is 50.7 cm³/mol. The lowest BCUT2D eigenvalue weighted by atomic mass is 10.3. The van der Waals surface area contributed by atoms with Gasteiger partial charge in [0.25, 0.3) is 0 Å². The van der Waals surface area contributed by atoms with E-state index in [4.69, 9.17) is 10.2 Å². The van der Waals surface area contributed by atoms with Gasteiger partial charge in [0, 0.05) is 6.20 Å². The number of anilines is 1. The molecule has 6 heteroatoms. The summed E-state index contributed by atoms with van der Waals surface area (Å²) in [6.45, 7) is 0. The third kappa shape index (κ3) is 0.510. The van der Waals surface area contributed by atoms with Gasteiger partial charge in [0.1, 0.15) is 5.69 Å². The Morgan fingerprint density at radius 2 is 2.21 bits per heavy atom. The van der Waals surface area contributed by atoms with Crippen LogP contribution in [-0.4, -0.2) is 9.97 Å². The summed E-state index contributed by atoms with van der Waals surface area (Å²) in [6.07, 6.45) is 1.56. The number of hydrogen-bond donors (Lipinski definition) is 1. The summed E-state index contributed by atoms with van der Waals surface area (Å²) in [6, 6.07) is 1.70. The van der Waals surface area contributed by atoms with E-state index in [1.54, 1.807) is 12.3 Å². The molecule has 1 unspecified atom stereocenters. The van der Waals surface area contributed by atoms with Crippen molar-refractivity contribution >= 4 is 29.2 Å². The number of nitrogen functional groups attached to an aromatic ring is 1. The van der Waals surface area contributed by atoms with Gasteiger partial charge in [-0.05, 0) is 6.07 Å². The third-order valence-electron chi connectivity index (χ3n) is 2.56. The van der Waals surface area contributed by atoms with Crippen molar-refractivity contribution in [2.75, 3.05) is 5.73 Å². The Bertz CT molecular complexity index is 637. The highest BCUT2D eigenvalue weighted by molar-refractivity contribution is 8.06. The van der Waals surface area contributed by atoms with Crippen LogP contribution < -0.4 is 21.8 Å². The summed E-state index contributed by atoms with van der Waals surface area (Å²) < 4.78 is 17.0. The Hall–Kier alpha value is -1.61. The van der Waals surface area contributed by atoms with Crippen molar-refractivity contribution in [2.24, 2.45) is 0 Å². The van der Waals surface area contributed by atoms with Gasteiger partial charge in [-0.1, -0.05) is 0 Å². The topological polar surface area (TPSA) is 82.0 Å². The highest BCUT2D eigenvalue weighted by atomic mass is 31.2. The number of nitrogens with two attached hydrogens (primary N) is 1. The van der Waals surface area contributed by atoms with Crippen molar-refractivity contribution in [3.05, 3.63) is 12.3 Å². The number of hydrogen-bond acceptors (Lipinski definition) is 5. The van der Waals surface area contributed by atoms with E-state index in [1.165, 1.54) is 0 Å². The maximum atomic E-state index is 11.7. The zero-order chi connectivity index (χ0) is 9.50. The van der Waals surface area contributed by atoms with E-state index < -0.39 is 7.14 Å². The quantitative estimate of drug-likeness (QED) is 0.427. The van der Waals surface area contributed by atoms with Crippen LogP contribution in [0.15, 0.2) is 16.7 Å². The van der Waals surface area contributed by atoms with Crippen LogP contribution in [-0.2, 0) is 4.57 Å². The molecule has 5 heterocycles. The van der Waals surface area contributed by atoms with Crippen LogP contribution in [0.3, 0.4) is 0 Å². The van der Waals surface area contributed by atoms with Crippen LogP contribution in [0.5, 0.6) is 0 Å². The number of rotatable bonds is 1. The second-order valence-electron chi connectivity index (χ2n) is 3.34. The van der Waals surface area contributed by atoms with Crippen molar-refractivity contribution in [1.82, 2.24) is 9.97 Å². The van der Waals surface area contributed by atoms with Crippen LogP contribution in [0, 0.1) is 0 Å². The predicted octanol–water partition coefficient (Wildman–Crippen LogP) is -0.415.